The van der Waals surface area contributed by atoms with Crippen molar-refractivity contribution in [2.75, 3.05) is 31.6 Å². The van der Waals surface area contributed by atoms with Gasteiger partial charge in [-0.3, -0.25) is 13.9 Å². The van der Waals surface area contributed by atoms with Gasteiger partial charge in [-0.05, 0) is 50.1 Å². The summed E-state index contributed by atoms with van der Waals surface area (Å²) in [6.45, 7) is 5.50. The molecule has 0 saturated heterocycles. The average molecular weight is 568 g/mol. The summed E-state index contributed by atoms with van der Waals surface area (Å²) in [4.78, 5) is 28.5. The highest BCUT2D eigenvalue weighted by molar-refractivity contribution is 7.92. The summed E-state index contributed by atoms with van der Waals surface area (Å²) >= 11 is 0. The third-order valence-electron chi connectivity index (χ3n) is 6.48. The molecule has 1 N–H and O–H groups in total. The SMILES string of the molecule is CCNC(=O)C(CC)N(Cc1ccccc1)C(=O)CN(c1ccc(OC)c(OC)c1)S(=O)(=O)c1ccc(C)cc1. The average Bonchev–Trinajstić information content (AvgIpc) is 2.96. The molecule has 0 aliphatic carbocycles. The van der Waals surface area contributed by atoms with Gasteiger partial charge in [-0.1, -0.05) is 55.0 Å². The molecule has 3 rings (SSSR count). The molecule has 0 aliphatic rings. The summed E-state index contributed by atoms with van der Waals surface area (Å²) in [6.07, 6.45) is 0.353. The summed E-state index contributed by atoms with van der Waals surface area (Å²) in [5.74, 6) is -0.0922. The number of carbonyl (C=O) groups is 2. The fourth-order valence-electron chi connectivity index (χ4n) is 4.34. The predicted molar refractivity (Wildman–Crippen MR) is 155 cm³/mol. The van der Waals surface area contributed by atoms with Crippen molar-refractivity contribution in [1.82, 2.24) is 10.2 Å². The third kappa shape index (κ3) is 7.12. The molecule has 0 fully saturated rings. The molecule has 1 unspecified atom stereocenters. The number of aryl methyl sites for hydroxylation is 1. The van der Waals surface area contributed by atoms with Gasteiger partial charge in [-0.15, -0.1) is 0 Å². The van der Waals surface area contributed by atoms with Crippen LogP contribution in [0.5, 0.6) is 11.5 Å². The fraction of sp³-hybridized carbons (Fsp3) is 0.333. The van der Waals surface area contributed by atoms with Crippen molar-refractivity contribution in [1.29, 1.82) is 0 Å². The summed E-state index contributed by atoms with van der Waals surface area (Å²) in [5, 5.41) is 2.80. The number of rotatable bonds is 13. The Labute approximate surface area is 236 Å². The summed E-state index contributed by atoms with van der Waals surface area (Å²) < 4.78 is 39.8. The Morgan fingerprint density at radius 2 is 1.55 bits per heavy atom. The molecular weight excluding hydrogens is 530 g/mol. The number of hydrogen-bond donors (Lipinski definition) is 1. The Hall–Kier alpha value is -4.05. The number of nitrogens with one attached hydrogen (secondary N) is 1. The van der Waals surface area contributed by atoms with Gasteiger partial charge < -0.3 is 19.7 Å². The van der Waals surface area contributed by atoms with Crippen LogP contribution in [0.25, 0.3) is 0 Å². The maximum Gasteiger partial charge on any atom is 0.264 e. The molecular formula is C30H37N3O6S. The highest BCUT2D eigenvalue weighted by Crippen LogP contribution is 2.34. The van der Waals surface area contributed by atoms with Crippen molar-refractivity contribution >= 4 is 27.5 Å². The maximum absolute atomic E-state index is 14.0. The van der Waals surface area contributed by atoms with Crippen LogP contribution in [-0.2, 0) is 26.2 Å². The maximum atomic E-state index is 14.0. The van der Waals surface area contributed by atoms with Crippen molar-refractivity contribution in [3.8, 4) is 11.5 Å². The number of likely N-dealkylation sites (N-methyl/N-ethyl adjacent to an activating group) is 1. The number of hydrogen-bond acceptors (Lipinski definition) is 6. The van der Waals surface area contributed by atoms with E-state index < -0.39 is 28.5 Å². The second-order valence-electron chi connectivity index (χ2n) is 9.19. The zero-order valence-corrected chi connectivity index (χ0v) is 24.4. The van der Waals surface area contributed by atoms with E-state index in [4.69, 9.17) is 9.47 Å². The number of nitrogens with zero attached hydrogens (tertiary/aromatic N) is 2. The summed E-state index contributed by atoms with van der Waals surface area (Å²) in [6, 6.07) is 19.6. The van der Waals surface area contributed by atoms with Gasteiger partial charge in [0.25, 0.3) is 10.0 Å². The first-order valence-corrected chi connectivity index (χ1v) is 14.5. The zero-order chi connectivity index (χ0) is 29.3. The molecule has 214 valence electrons. The van der Waals surface area contributed by atoms with Gasteiger partial charge in [0.2, 0.25) is 11.8 Å². The Kier molecular flexibility index (Phi) is 10.6. The molecule has 40 heavy (non-hydrogen) atoms. The Morgan fingerprint density at radius 1 is 0.900 bits per heavy atom. The van der Waals surface area contributed by atoms with E-state index in [1.54, 1.807) is 31.2 Å². The molecule has 0 aromatic heterocycles. The van der Waals surface area contributed by atoms with Gasteiger partial charge in [0.05, 0.1) is 24.8 Å². The normalized spacial score (nSPS) is 11.8. The van der Waals surface area contributed by atoms with Crippen molar-refractivity contribution in [2.45, 2.75) is 44.7 Å². The van der Waals surface area contributed by atoms with Crippen LogP contribution in [0.3, 0.4) is 0 Å². The first-order valence-electron chi connectivity index (χ1n) is 13.1. The van der Waals surface area contributed by atoms with Crippen LogP contribution in [-0.4, -0.2) is 58.5 Å². The van der Waals surface area contributed by atoms with E-state index >= 15 is 0 Å². The van der Waals surface area contributed by atoms with Crippen LogP contribution < -0.4 is 19.1 Å². The molecule has 2 amide bonds. The van der Waals surface area contributed by atoms with Crippen LogP contribution >= 0.6 is 0 Å². The van der Waals surface area contributed by atoms with Gasteiger partial charge in [-0.2, -0.15) is 0 Å². The number of sulfonamides is 1. The van der Waals surface area contributed by atoms with Crippen molar-refractivity contribution in [3.63, 3.8) is 0 Å². The number of anilines is 1. The lowest BCUT2D eigenvalue weighted by Crippen LogP contribution is -2.52. The molecule has 0 radical (unpaired) electrons. The number of benzene rings is 3. The van der Waals surface area contributed by atoms with Gasteiger partial charge in [-0.25, -0.2) is 8.42 Å². The van der Waals surface area contributed by atoms with E-state index in [-0.39, 0.29) is 23.0 Å². The highest BCUT2D eigenvalue weighted by atomic mass is 32.2. The molecule has 1 atom stereocenters. The predicted octanol–water partition coefficient (Wildman–Crippen LogP) is 4.15. The number of methoxy groups -OCH3 is 2. The van der Waals surface area contributed by atoms with E-state index in [1.165, 1.54) is 37.3 Å². The molecule has 9 nitrogen and oxygen atoms in total. The van der Waals surface area contributed by atoms with Crippen LogP contribution in [0.1, 0.15) is 31.4 Å². The van der Waals surface area contributed by atoms with E-state index in [0.29, 0.717) is 24.5 Å². The Balaban J connectivity index is 2.11. The second kappa shape index (κ2) is 13.8. The Morgan fingerprint density at radius 3 is 2.12 bits per heavy atom. The molecule has 0 spiro atoms. The van der Waals surface area contributed by atoms with E-state index in [0.717, 1.165) is 15.4 Å². The minimum atomic E-state index is -4.19. The minimum absolute atomic E-state index is 0.0334. The van der Waals surface area contributed by atoms with Crippen molar-refractivity contribution < 1.29 is 27.5 Å². The molecule has 0 saturated carbocycles. The molecule has 3 aromatic rings. The second-order valence-corrected chi connectivity index (χ2v) is 11.1. The van der Waals surface area contributed by atoms with Crippen LogP contribution in [0.15, 0.2) is 77.7 Å². The monoisotopic (exact) mass is 567 g/mol. The lowest BCUT2D eigenvalue weighted by atomic mass is 10.1. The lowest BCUT2D eigenvalue weighted by Gasteiger charge is -2.33. The number of amides is 2. The highest BCUT2D eigenvalue weighted by Gasteiger charge is 2.34. The number of carbonyl (C=O) groups excluding carboxylic acids is 2. The standard InChI is InChI=1S/C30H37N3O6S/c1-6-26(30(35)31-7-2)32(20-23-11-9-8-10-12-23)29(34)21-33(24-15-18-27(38-4)28(19-24)39-5)40(36,37)25-16-13-22(3)14-17-25/h8-19,26H,6-7,20-21H2,1-5H3,(H,31,35). The van der Waals surface area contributed by atoms with E-state index in [9.17, 15) is 18.0 Å². The lowest BCUT2D eigenvalue weighted by molar-refractivity contribution is -0.140. The molecule has 3 aromatic carbocycles. The first-order chi connectivity index (χ1) is 19.2. The largest absolute Gasteiger partial charge is 0.493 e. The van der Waals surface area contributed by atoms with E-state index in [2.05, 4.69) is 5.32 Å². The van der Waals surface area contributed by atoms with Crippen molar-refractivity contribution in [2.24, 2.45) is 0 Å². The third-order valence-corrected chi connectivity index (χ3v) is 8.26. The Bertz CT molecular complexity index is 1390. The molecule has 0 heterocycles. The van der Waals surface area contributed by atoms with Crippen molar-refractivity contribution in [3.05, 3.63) is 83.9 Å². The first kappa shape index (κ1) is 30.5. The molecule has 10 heteroatoms. The van der Waals surface area contributed by atoms with Gasteiger partial charge in [0, 0.05) is 19.2 Å². The van der Waals surface area contributed by atoms with Gasteiger partial charge >= 0.3 is 0 Å². The summed E-state index contributed by atoms with van der Waals surface area (Å²) in [5.41, 5.74) is 1.93. The minimum Gasteiger partial charge on any atom is -0.493 e. The van der Waals surface area contributed by atoms with Crippen LogP contribution in [0, 0.1) is 6.92 Å². The summed E-state index contributed by atoms with van der Waals surface area (Å²) in [7, 11) is -1.26. The molecule has 0 bridgehead atoms. The van der Waals surface area contributed by atoms with Gasteiger partial charge in [0.15, 0.2) is 11.5 Å². The number of ether oxygens (including phenoxy) is 2. The fourth-order valence-corrected chi connectivity index (χ4v) is 5.74. The van der Waals surface area contributed by atoms with Crippen LogP contribution in [0.2, 0.25) is 0 Å². The van der Waals surface area contributed by atoms with Gasteiger partial charge in [0.1, 0.15) is 12.6 Å². The van der Waals surface area contributed by atoms with E-state index in [1.807, 2.05) is 44.2 Å². The van der Waals surface area contributed by atoms with Crippen LogP contribution in [0.4, 0.5) is 5.69 Å². The smallest absolute Gasteiger partial charge is 0.264 e. The molecule has 0 aliphatic heterocycles. The quantitative estimate of drug-likeness (QED) is 0.333. The topological polar surface area (TPSA) is 105 Å². The zero-order valence-electron chi connectivity index (χ0n) is 23.6.